The molecular formula is C12H16N4O3. The molecule has 1 aromatic rings. The Balaban J connectivity index is 1.81. The number of hydrogen-bond donors (Lipinski definition) is 2. The molecule has 2 heterocycles. The van der Waals surface area contributed by atoms with Crippen molar-refractivity contribution in [1.29, 1.82) is 0 Å². The van der Waals surface area contributed by atoms with E-state index in [1.807, 2.05) is 0 Å². The fraction of sp³-hybridized carbons (Fsp3) is 0.583. The van der Waals surface area contributed by atoms with Crippen LogP contribution in [0.15, 0.2) is 12.3 Å². The van der Waals surface area contributed by atoms with E-state index in [9.17, 15) is 14.9 Å². The minimum atomic E-state index is -0.452. The van der Waals surface area contributed by atoms with Gasteiger partial charge < -0.3 is 15.2 Å². The first-order chi connectivity index (χ1) is 9.15. The molecule has 7 nitrogen and oxygen atoms in total. The normalized spacial score (nSPS) is 22.4. The van der Waals surface area contributed by atoms with E-state index in [2.05, 4.69) is 10.6 Å². The van der Waals surface area contributed by atoms with Crippen LogP contribution in [-0.4, -0.2) is 34.5 Å². The molecule has 2 fully saturated rings. The van der Waals surface area contributed by atoms with Crippen molar-refractivity contribution >= 4 is 11.6 Å². The maximum atomic E-state index is 12.2. The van der Waals surface area contributed by atoms with Crippen molar-refractivity contribution in [2.45, 2.75) is 31.3 Å². The molecule has 102 valence electrons. The van der Waals surface area contributed by atoms with Gasteiger partial charge in [0, 0.05) is 24.7 Å². The van der Waals surface area contributed by atoms with E-state index in [1.165, 1.54) is 12.3 Å². The number of aromatic nitrogens is 1. The predicted molar refractivity (Wildman–Crippen MR) is 68.1 cm³/mol. The van der Waals surface area contributed by atoms with Crippen molar-refractivity contribution in [3.63, 3.8) is 0 Å². The number of nitrogens with zero attached hydrogens (tertiary/aromatic N) is 2. The molecule has 1 amide bonds. The highest BCUT2D eigenvalue weighted by Gasteiger charge is 2.31. The van der Waals surface area contributed by atoms with Gasteiger partial charge in [0.1, 0.15) is 5.69 Å². The lowest BCUT2D eigenvalue weighted by Gasteiger charge is -2.12. The number of hydrogen-bond acceptors (Lipinski definition) is 4. The molecule has 2 aliphatic rings. The number of nitrogens with one attached hydrogen (secondary N) is 2. The van der Waals surface area contributed by atoms with Gasteiger partial charge in [-0.15, -0.1) is 0 Å². The SMILES string of the molecule is O=C(N[C@@H]1CCNC1)c1cc([N+](=O)[O-])cn1C1CC1. The summed E-state index contributed by atoms with van der Waals surface area (Å²) in [5.74, 6) is -0.214. The fourth-order valence-corrected chi connectivity index (χ4v) is 2.44. The van der Waals surface area contributed by atoms with Crippen LogP contribution in [0.4, 0.5) is 5.69 Å². The lowest BCUT2D eigenvalue weighted by molar-refractivity contribution is -0.384. The summed E-state index contributed by atoms with van der Waals surface area (Å²) in [4.78, 5) is 22.6. The fourth-order valence-electron chi connectivity index (χ4n) is 2.44. The van der Waals surface area contributed by atoms with E-state index < -0.39 is 4.92 Å². The number of carbonyl (C=O) groups is 1. The summed E-state index contributed by atoms with van der Waals surface area (Å²) in [7, 11) is 0. The molecule has 3 rings (SSSR count). The largest absolute Gasteiger partial charge is 0.347 e. The summed E-state index contributed by atoms with van der Waals surface area (Å²) in [6, 6.07) is 1.74. The Kier molecular flexibility index (Phi) is 2.98. The first-order valence-electron chi connectivity index (χ1n) is 6.53. The monoisotopic (exact) mass is 264 g/mol. The second-order valence-electron chi connectivity index (χ2n) is 5.14. The summed E-state index contributed by atoms with van der Waals surface area (Å²) < 4.78 is 1.75. The molecule has 1 aromatic heterocycles. The Morgan fingerprint density at radius 1 is 1.47 bits per heavy atom. The van der Waals surface area contributed by atoms with Gasteiger partial charge >= 0.3 is 0 Å². The Labute approximate surface area is 110 Å². The van der Waals surface area contributed by atoms with Crippen LogP contribution in [0.5, 0.6) is 0 Å². The van der Waals surface area contributed by atoms with Crippen molar-refractivity contribution in [3.8, 4) is 0 Å². The minimum absolute atomic E-state index is 0.0124. The molecule has 1 saturated carbocycles. The lowest BCUT2D eigenvalue weighted by atomic mass is 10.2. The van der Waals surface area contributed by atoms with Crippen molar-refractivity contribution in [2.75, 3.05) is 13.1 Å². The van der Waals surface area contributed by atoms with E-state index in [-0.39, 0.29) is 23.7 Å². The van der Waals surface area contributed by atoms with Crippen LogP contribution in [0.2, 0.25) is 0 Å². The molecule has 0 spiro atoms. The maximum Gasteiger partial charge on any atom is 0.287 e. The lowest BCUT2D eigenvalue weighted by Crippen LogP contribution is -2.37. The van der Waals surface area contributed by atoms with Crippen LogP contribution >= 0.6 is 0 Å². The van der Waals surface area contributed by atoms with E-state index in [4.69, 9.17) is 0 Å². The van der Waals surface area contributed by atoms with E-state index in [0.717, 1.165) is 32.4 Å². The third kappa shape index (κ3) is 2.46. The zero-order chi connectivity index (χ0) is 13.4. The molecule has 0 radical (unpaired) electrons. The second-order valence-corrected chi connectivity index (χ2v) is 5.14. The van der Waals surface area contributed by atoms with Crippen LogP contribution in [0.3, 0.4) is 0 Å². The Bertz CT molecular complexity index is 515. The van der Waals surface area contributed by atoms with Crippen LogP contribution in [0, 0.1) is 10.1 Å². The van der Waals surface area contributed by atoms with Gasteiger partial charge in [-0.1, -0.05) is 0 Å². The first kappa shape index (κ1) is 12.2. The number of amides is 1. The minimum Gasteiger partial charge on any atom is -0.347 e. The topological polar surface area (TPSA) is 89.2 Å². The zero-order valence-corrected chi connectivity index (χ0v) is 10.5. The highest BCUT2D eigenvalue weighted by molar-refractivity contribution is 5.93. The first-order valence-corrected chi connectivity index (χ1v) is 6.53. The summed E-state index contributed by atoms with van der Waals surface area (Å²) in [5, 5.41) is 16.9. The van der Waals surface area contributed by atoms with Crippen molar-refractivity contribution in [3.05, 3.63) is 28.1 Å². The van der Waals surface area contributed by atoms with Crippen LogP contribution in [0.1, 0.15) is 35.8 Å². The highest BCUT2D eigenvalue weighted by Crippen LogP contribution is 2.37. The van der Waals surface area contributed by atoms with E-state index in [0.29, 0.717) is 5.69 Å². The Morgan fingerprint density at radius 3 is 2.84 bits per heavy atom. The van der Waals surface area contributed by atoms with Crippen molar-refractivity contribution in [1.82, 2.24) is 15.2 Å². The van der Waals surface area contributed by atoms with Gasteiger partial charge in [0.05, 0.1) is 11.1 Å². The summed E-state index contributed by atoms with van der Waals surface area (Å²) in [5.41, 5.74) is 0.391. The number of nitro groups is 1. The molecule has 1 saturated heterocycles. The van der Waals surface area contributed by atoms with E-state index >= 15 is 0 Å². The molecule has 0 unspecified atom stereocenters. The molecule has 1 aliphatic heterocycles. The Morgan fingerprint density at radius 2 is 2.26 bits per heavy atom. The van der Waals surface area contributed by atoms with Crippen LogP contribution in [0.25, 0.3) is 0 Å². The van der Waals surface area contributed by atoms with Gasteiger partial charge in [-0.3, -0.25) is 14.9 Å². The molecule has 1 atom stereocenters. The molecular weight excluding hydrogens is 248 g/mol. The van der Waals surface area contributed by atoms with Gasteiger partial charge in [-0.25, -0.2) is 0 Å². The average molecular weight is 264 g/mol. The maximum absolute atomic E-state index is 12.2. The molecule has 7 heteroatoms. The van der Waals surface area contributed by atoms with Gasteiger partial charge in [-0.2, -0.15) is 0 Å². The highest BCUT2D eigenvalue weighted by atomic mass is 16.6. The summed E-state index contributed by atoms with van der Waals surface area (Å²) in [6.45, 7) is 1.66. The number of carbonyl (C=O) groups excluding carboxylic acids is 1. The smallest absolute Gasteiger partial charge is 0.287 e. The quantitative estimate of drug-likeness (QED) is 0.622. The molecule has 19 heavy (non-hydrogen) atoms. The number of rotatable bonds is 4. The molecule has 2 N–H and O–H groups in total. The van der Waals surface area contributed by atoms with Gasteiger partial charge in [0.25, 0.3) is 11.6 Å². The van der Waals surface area contributed by atoms with Crippen molar-refractivity contribution < 1.29 is 9.72 Å². The zero-order valence-electron chi connectivity index (χ0n) is 10.5. The van der Waals surface area contributed by atoms with Crippen molar-refractivity contribution in [2.24, 2.45) is 0 Å². The van der Waals surface area contributed by atoms with Crippen LogP contribution < -0.4 is 10.6 Å². The van der Waals surface area contributed by atoms with Gasteiger partial charge in [-0.05, 0) is 25.8 Å². The van der Waals surface area contributed by atoms with Crippen LogP contribution in [-0.2, 0) is 0 Å². The third-order valence-corrected chi connectivity index (χ3v) is 3.61. The molecule has 1 aliphatic carbocycles. The molecule has 0 aromatic carbocycles. The van der Waals surface area contributed by atoms with Gasteiger partial charge in [0.2, 0.25) is 0 Å². The van der Waals surface area contributed by atoms with Gasteiger partial charge in [0.15, 0.2) is 0 Å². The third-order valence-electron chi connectivity index (χ3n) is 3.61. The molecule has 0 bridgehead atoms. The standard InChI is InChI=1S/C12H16N4O3/c17-12(14-8-3-4-13-6-8)11-5-10(16(18)19)7-15(11)9-1-2-9/h5,7-9,13H,1-4,6H2,(H,14,17)/t8-/m1/s1. The average Bonchev–Trinajstić information content (AvgIpc) is 2.92. The van der Waals surface area contributed by atoms with E-state index in [1.54, 1.807) is 4.57 Å². The predicted octanol–water partition coefficient (Wildman–Crippen LogP) is 0.823. The summed E-state index contributed by atoms with van der Waals surface area (Å²) >= 11 is 0. The Hall–Kier alpha value is -1.89. The second kappa shape index (κ2) is 4.65. The summed E-state index contributed by atoms with van der Waals surface area (Å²) in [6.07, 6.45) is 4.34.